The van der Waals surface area contributed by atoms with Crippen molar-refractivity contribution < 1.29 is 24.6 Å². The average molecular weight is 286 g/mol. The number of carboxylic acids is 1. The van der Waals surface area contributed by atoms with Gasteiger partial charge in [0.2, 0.25) is 5.91 Å². The van der Waals surface area contributed by atoms with Crippen molar-refractivity contribution in [2.24, 2.45) is 0 Å². The fraction of sp³-hybridized carbons (Fsp3) is 0.364. The van der Waals surface area contributed by atoms with Crippen molar-refractivity contribution in [1.82, 2.24) is 10.6 Å². The summed E-state index contributed by atoms with van der Waals surface area (Å²) in [6, 6.07) is 3.45. The minimum absolute atomic E-state index is 0.276. The second-order valence-corrected chi connectivity index (χ2v) is 5.04. The third-order valence-corrected chi connectivity index (χ3v) is 3.15. The molecule has 1 rings (SSSR count). The Balaban J connectivity index is 2.30. The first-order chi connectivity index (χ1) is 8.90. The maximum Gasteiger partial charge on any atom is 0.334 e. The lowest BCUT2D eigenvalue weighted by Gasteiger charge is -2.08. The van der Waals surface area contributed by atoms with Crippen LogP contribution < -0.4 is 10.6 Å². The van der Waals surface area contributed by atoms with Crippen LogP contribution >= 0.6 is 11.3 Å². The molecule has 1 atom stereocenters. The molecule has 0 saturated heterocycles. The minimum Gasteiger partial charge on any atom is -0.479 e. The highest BCUT2D eigenvalue weighted by Crippen LogP contribution is 2.14. The zero-order valence-electron chi connectivity index (χ0n) is 10.2. The number of amides is 2. The molecule has 0 unspecified atom stereocenters. The van der Waals surface area contributed by atoms with Crippen LogP contribution in [0.2, 0.25) is 0 Å². The standard InChI is InChI=1S/C11H14N2O5S/c1-6-2-3-8(19-6)10(16)13-5-9(15)12-4-7(14)11(17)18/h2-3,7,14H,4-5H2,1H3,(H,12,15)(H,13,16)(H,17,18)/t7-/m0/s1. The molecule has 1 heterocycles. The maximum absolute atomic E-state index is 11.6. The predicted octanol–water partition coefficient (Wildman–Crippen LogP) is -0.652. The number of nitrogens with one attached hydrogen (secondary N) is 2. The van der Waals surface area contributed by atoms with Crippen LogP contribution in [0.4, 0.5) is 0 Å². The zero-order valence-corrected chi connectivity index (χ0v) is 11.0. The summed E-state index contributed by atoms with van der Waals surface area (Å²) in [6.45, 7) is 1.19. The van der Waals surface area contributed by atoms with Crippen LogP contribution in [-0.4, -0.2) is 47.2 Å². The van der Waals surface area contributed by atoms with Gasteiger partial charge >= 0.3 is 5.97 Å². The third-order valence-electron chi connectivity index (χ3n) is 2.15. The quantitative estimate of drug-likeness (QED) is 0.554. The largest absolute Gasteiger partial charge is 0.479 e. The lowest BCUT2D eigenvalue weighted by Crippen LogP contribution is -2.41. The molecule has 0 fully saturated rings. The van der Waals surface area contributed by atoms with Gasteiger partial charge in [-0.3, -0.25) is 9.59 Å². The number of carbonyl (C=O) groups excluding carboxylic acids is 2. The molecule has 1 aromatic heterocycles. The summed E-state index contributed by atoms with van der Waals surface area (Å²) in [5.41, 5.74) is 0. The van der Waals surface area contributed by atoms with Gasteiger partial charge in [0.25, 0.3) is 5.91 Å². The molecule has 7 nitrogen and oxygen atoms in total. The van der Waals surface area contributed by atoms with Crippen LogP contribution in [0.15, 0.2) is 12.1 Å². The zero-order chi connectivity index (χ0) is 14.4. The van der Waals surface area contributed by atoms with Crippen molar-refractivity contribution in [3.8, 4) is 0 Å². The summed E-state index contributed by atoms with van der Waals surface area (Å²) >= 11 is 1.31. The molecule has 0 aliphatic carbocycles. The number of aliphatic hydroxyl groups is 1. The smallest absolute Gasteiger partial charge is 0.334 e. The van der Waals surface area contributed by atoms with E-state index in [1.54, 1.807) is 12.1 Å². The molecule has 1 aromatic rings. The van der Waals surface area contributed by atoms with E-state index in [-0.39, 0.29) is 12.5 Å². The highest BCUT2D eigenvalue weighted by atomic mass is 32.1. The molecular weight excluding hydrogens is 272 g/mol. The highest BCUT2D eigenvalue weighted by Gasteiger charge is 2.15. The Kier molecular flexibility index (Phi) is 5.46. The van der Waals surface area contributed by atoms with Crippen LogP contribution in [0.25, 0.3) is 0 Å². The van der Waals surface area contributed by atoms with Crippen molar-refractivity contribution in [1.29, 1.82) is 0 Å². The molecule has 104 valence electrons. The average Bonchev–Trinajstić information content (AvgIpc) is 2.79. The predicted molar refractivity (Wildman–Crippen MR) is 68.0 cm³/mol. The highest BCUT2D eigenvalue weighted by molar-refractivity contribution is 7.13. The summed E-state index contributed by atoms with van der Waals surface area (Å²) in [6.07, 6.45) is -1.65. The number of hydrogen-bond donors (Lipinski definition) is 4. The monoisotopic (exact) mass is 286 g/mol. The van der Waals surface area contributed by atoms with E-state index in [1.807, 2.05) is 6.92 Å². The van der Waals surface area contributed by atoms with E-state index < -0.39 is 24.5 Å². The van der Waals surface area contributed by atoms with Gasteiger partial charge in [0.05, 0.1) is 18.0 Å². The Morgan fingerprint density at radius 3 is 2.53 bits per heavy atom. The number of aliphatic hydroxyl groups excluding tert-OH is 1. The molecule has 8 heteroatoms. The summed E-state index contributed by atoms with van der Waals surface area (Å²) in [5.74, 6) is -2.35. The van der Waals surface area contributed by atoms with Crippen molar-refractivity contribution in [3.63, 3.8) is 0 Å². The van der Waals surface area contributed by atoms with Gasteiger partial charge in [-0.05, 0) is 19.1 Å². The Labute approximate surface area is 113 Å². The number of rotatable bonds is 6. The van der Waals surface area contributed by atoms with Gasteiger partial charge in [-0.2, -0.15) is 0 Å². The van der Waals surface area contributed by atoms with E-state index in [1.165, 1.54) is 11.3 Å². The molecule has 0 radical (unpaired) electrons. The number of carbonyl (C=O) groups is 3. The summed E-state index contributed by atoms with van der Waals surface area (Å²) in [4.78, 5) is 34.6. The molecule has 19 heavy (non-hydrogen) atoms. The fourth-order valence-electron chi connectivity index (χ4n) is 1.16. The van der Waals surface area contributed by atoms with Gasteiger partial charge in [0.15, 0.2) is 6.10 Å². The Morgan fingerprint density at radius 2 is 2.00 bits per heavy atom. The number of hydrogen-bond acceptors (Lipinski definition) is 5. The van der Waals surface area contributed by atoms with Gasteiger partial charge < -0.3 is 20.8 Å². The first kappa shape index (κ1) is 15.1. The molecule has 0 aliphatic rings. The van der Waals surface area contributed by atoms with Crippen molar-refractivity contribution in [2.75, 3.05) is 13.1 Å². The number of aliphatic carboxylic acids is 1. The molecule has 2 amide bonds. The van der Waals surface area contributed by atoms with E-state index >= 15 is 0 Å². The molecule has 0 aliphatic heterocycles. The van der Waals surface area contributed by atoms with E-state index in [0.29, 0.717) is 4.88 Å². The first-order valence-electron chi connectivity index (χ1n) is 5.42. The summed E-state index contributed by atoms with van der Waals surface area (Å²) < 4.78 is 0. The van der Waals surface area contributed by atoms with Crippen LogP contribution in [0.3, 0.4) is 0 Å². The van der Waals surface area contributed by atoms with E-state index in [4.69, 9.17) is 10.2 Å². The van der Waals surface area contributed by atoms with Crippen molar-refractivity contribution in [2.45, 2.75) is 13.0 Å². The van der Waals surface area contributed by atoms with Crippen molar-refractivity contribution in [3.05, 3.63) is 21.9 Å². The van der Waals surface area contributed by atoms with Crippen LogP contribution in [0.5, 0.6) is 0 Å². The lowest BCUT2D eigenvalue weighted by atomic mass is 10.3. The summed E-state index contributed by atoms with van der Waals surface area (Å²) in [7, 11) is 0. The lowest BCUT2D eigenvalue weighted by molar-refractivity contribution is -0.146. The van der Waals surface area contributed by atoms with Crippen LogP contribution in [-0.2, 0) is 9.59 Å². The van der Waals surface area contributed by atoms with Gasteiger partial charge in [0.1, 0.15) is 0 Å². The second-order valence-electron chi connectivity index (χ2n) is 3.75. The molecule has 4 N–H and O–H groups in total. The summed E-state index contributed by atoms with van der Waals surface area (Å²) in [5, 5.41) is 21.9. The van der Waals surface area contributed by atoms with Gasteiger partial charge in [-0.25, -0.2) is 4.79 Å². The Hall–Kier alpha value is -1.93. The van der Waals surface area contributed by atoms with E-state index in [2.05, 4.69) is 10.6 Å². The molecule has 0 saturated carbocycles. The number of carboxylic acid groups (broad SMARTS) is 1. The van der Waals surface area contributed by atoms with Gasteiger partial charge in [0, 0.05) is 4.88 Å². The van der Waals surface area contributed by atoms with E-state index in [0.717, 1.165) is 4.88 Å². The minimum atomic E-state index is -1.65. The van der Waals surface area contributed by atoms with Crippen LogP contribution in [0, 0.1) is 6.92 Å². The second kappa shape index (κ2) is 6.86. The molecule has 0 bridgehead atoms. The third kappa shape index (κ3) is 5.06. The molecular formula is C11H14N2O5S. The molecule has 0 spiro atoms. The van der Waals surface area contributed by atoms with Gasteiger partial charge in [-0.1, -0.05) is 0 Å². The SMILES string of the molecule is Cc1ccc(C(=O)NCC(=O)NC[C@H](O)C(=O)O)s1. The van der Waals surface area contributed by atoms with Crippen LogP contribution in [0.1, 0.15) is 14.5 Å². The number of thiophene rings is 1. The van der Waals surface area contributed by atoms with Gasteiger partial charge in [-0.15, -0.1) is 11.3 Å². The Bertz CT molecular complexity index is 485. The first-order valence-corrected chi connectivity index (χ1v) is 6.24. The fourth-order valence-corrected chi connectivity index (χ4v) is 1.95. The van der Waals surface area contributed by atoms with Crippen molar-refractivity contribution >= 4 is 29.1 Å². The maximum atomic E-state index is 11.6. The molecule has 0 aromatic carbocycles. The Morgan fingerprint density at radius 1 is 1.32 bits per heavy atom. The topological polar surface area (TPSA) is 116 Å². The normalized spacial score (nSPS) is 11.7. The number of aryl methyl sites for hydroxylation is 1. The van der Waals surface area contributed by atoms with E-state index in [9.17, 15) is 14.4 Å².